The molecule has 0 aliphatic carbocycles. The van der Waals surface area contributed by atoms with Gasteiger partial charge in [0.2, 0.25) is 5.91 Å². The van der Waals surface area contributed by atoms with E-state index in [4.69, 9.17) is 0 Å². The third-order valence-corrected chi connectivity index (χ3v) is 6.27. The molecule has 2 atom stereocenters. The molecule has 0 N–H and O–H groups in total. The number of hydrogen-bond donors (Lipinski definition) is 0. The average molecular weight is 391 g/mol. The number of carbonyl (C=O) groups is 1. The minimum atomic E-state index is -0.199. The predicted molar refractivity (Wildman–Crippen MR) is 105 cm³/mol. The zero-order chi connectivity index (χ0) is 19.8. The van der Waals surface area contributed by atoms with Crippen LogP contribution in [-0.2, 0) is 11.2 Å². The molecule has 29 heavy (non-hydrogen) atoms. The van der Waals surface area contributed by atoms with Gasteiger partial charge in [0.25, 0.3) is 0 Å². The van der Waals surface area contributed by atoms with E-state index in [9.17, 15) is 9.18 Å². The van der Waals surface area contributed by atoms with Crippen molar-refractivity contribution in [1.29, 1.82) is 0 Å². The second-order valence-electron chi connectivity index (χ2n) is 8.00. The van der Waals surface area contributed by atoms with Gasteiger partial charge >= 0.3 is 0 Å². The minimum Gasteiger partial charge on any atom is -0.336 e. The van der Waals surface area contributed by atoms with Crippen LogP contribution in [0.2, 0.25) is 0 Å². The van der Waals surface area contributed by atoms with Crippen LogP contribution in [0.15, 0.2) is 54.9 Å². The highest BCUT2D eigenvalue weighted by atomic mass is 19.1. The predicted octanol–water partition coefficient (Wildman–Crippen LogP) is 3.28. The first-order valence-corrected chi connectivity index (χ1v) is 10.1. The number of rotatable bonds is 4. The molecule has 3 aromatic rings. The summed E-state index contributed by atoms with van der Waals surface area (Å²) < 4.78 is 14.8. The molecule has 0 unspecified atom stereocenters. The zero-order valence-corrected chi connectivity index (χ0v) is 16.0. The Morgan fingerprint density at radius 3 is 2.31 bits per heavy atom. The van der Waals surface area contributed by atoms with Crippen LogP contribution >= 0.6 is 0 Å². The lowest BCUT2D eigenvalue weighted by Gasteiger charge is -2.39. The van der Waals surface area contributed by atoms with E-state index in [1.807, 2.05) is 36.4 Å². The number of benzene rings is 2. The van der Waals surface area contributed by atoms with Gasteiger partial charge in [-0.2, -0.15) is 0 Å². The van der Waals surface area contributed by atoms with E-state index in [2.05, 4.69) is 20.4 Å². The Kier molecular flexibility index (Phi) is 4.58. The third-order valence-electron chi connectivity index (χ3n) is 6.27. The molecule has 3 heterocycles. The van der Waals surface area contributed by atoms with Gasteiger partial charge in [0, 0.05) is 12.1 Å². The summed E-state index contributed by atoms with van der Waals surface area (Å²) in [6.45, 7) is 0. The summed E-state index contributed by atoms with van der Waals surface area (Å²) >= 11 is 0. The van der Waals surface area contributed by atoms with E-state index in [0.29, 0.717) is 12.3 Å². The number of aromatic nitrogens is 4. The van der Waals surface area contributed by atoms with Crippen LogP contribution in [0.4, 0.5) is 4.39 Å². The lowest BCUT2D eigenvalue weighted by molar-refractivity contribution is -0.135. The monoisotopic (exact) mass is 391 g/mol. The molecular formula is C22H22FN5O. The molecule has 2 aliphatic heterocycles. The van der Waals surface area contributed by atoms with Gasteiger partial charge in [0.05, 0.1) is 12.1 Å². The molecule has 7 heteroatoms. The molecule has 2 saturated heterocycles. The quantitative estimate of drug-likeness (QED) is 0.685. The lowest BCUT2D eigenvalue weighted by Crippen LogP contribution is -2.46. The van der Waals surface area contributed by atoms with Gasteiger partial charge in [0.1, 0.15) is 12.1 Å². The SMILES string of the molecule is O=C(Cc1ccc(-n2cnnn2)cc1)N1[C@H]2CC[C@H]1CC(c1ccc(F)cc1)C2. The van der Waals surface area contributed by atoms with Crippen molar-refractivity contribution >= 4 is 5.91 Å². The van der Waals surface area contributed by atoms with Gasteiger partial charge in [-0.1, -0.05) is 24.3 Å². The minimum absolute atomic E-state index is 0.199. The molecule has 0 spiro atoms. The number of amides is 1. The number of piperidine rings is 1. The zero-order valence-electron chi connectivity index (χ0n) is 16.0. The van der Waals surface area contributed by atoms with E-state index in [0.717, 1.165) is 36.9 Å². The van der Waals surface area contributed by atoms with E-state index in [1.165, 1.54) is 17.7 Å². The largest absolute Gasteiger partial charge is 0.336 e. The van der Waals surface area contributed by atoms with E-state index in [-0.39, 0.29) is 23.8 Å². The second-order valence-corrected chi connectivity index (χ2v) is 8.00. The van der Waals surface area contributed by atoms with Gasteiger partial charge in [-0.25, -0.2) is 9.07 Å². The smallest absolute Gasteiger partial charge is 0.227 e. The van der Waals surface area contributed by atoms with Crippen LogP contribution in [0, 0.1) is 5.82 Å². The number of nitrogens with zero attached hydrogens (tertiary/aromatic N) is 5. The number of hydrogen-bond acceptors (Lipinski definition) is 4. The van der Waals surface area contributed by atoms with Crippen molar-refractivity contribution in [3.63, 3.8) is 0 Å². The Morgan fingerprint density at radius 1 is 1.00 bits per heavy atom. The summed E-state index contributed by atoms with van der Waals surface area (Å²) in [6.07, 6.45) is 6.00. The first kappa shape index (κ1) is 18.0. The molecule has 5 rings (SSSR count). The maximum atomic E-state index is 13.2. The Bertz CT molecular complexity index is 973. The van der Waals surface area contributed by atoms with Crippen molar-refractivity contribution in [3.05, 3.63) is 71.8 Å². The van der Waals surface area contributed by atoms with Gasteiger partial charge in [0.15, 0.2) is 0 Å². The van der Waals surface area contributed by atoms with Crippen LogP contribution in [0.25, 0.3) is 5.69 Å². The molecule has 1 aromatic heterocycles. The van der Waals surface area contributed by atoms with Gasteiger partial charge in [-0.3, -0.25) is 4.79 Å². The molecule has 2 aliphatic rings. The summed E-state index contributed by atoms with van der Waals surface area (Å²) in [5.74, 6) is 0.411. The second kappa shape index (κ2) is 7.39. The highest BCUT2D eigenvalue weighted by Crippen LogP contribution is 2.43. The maximum absolute atomic E-state index is 13.2. The van der Waals surface area contributed by atoms with Gasteiger partial charge in [-0.05, 0) is 77.4 Å². The van der Waals surface area contributed by atoms with E-state index in [1.54, 1.807) is 11.0 Å². The van der Waals surface area contributed by atoms with Crippen LogP contribution in [-0.4, -0.2) is 43.1 Å². The fourth-order valence-electron chi connectivity index (χ4n) is 4.90. The number of carbonyl (C=O) groups excluding carboxylic acids is 1. The average Bonchev–Trinajstić information content (AvgIpc) is 3.36. The molecule has 2 aromatic carbocycles. The Labute approximate surface area is 168 Å². The Morgan fingerprint density at radius 2 is 1.69 bits per heavy atom. The molecule has 2 fully saturated rings. The van der Waals surface area contributed by atoms with E-state index >= 15 is 0 Å². The fourth-order valence-corrected chi connectivity index (χ4v) is 4.90. The molecule has 0 radical (unpaired) electrons. The topological polar surface area (TPSA) is 63.9 Å². The van der Waals surface area contributed by atoms with Crippen LogP contribution < -0.4 is 0 Å². The van der Waals surface area contributed by atoms with Gasteiger partial charge in [-0.15, -0.1) is 5.10 Å². The molecule has 6 nitrogen and oxygen atoms in total. The Hall–Kier alpha value is -3.09. The number of halogens is 1. The molecule has 148 valence electrons. The highest BCUT2D eigenvalue weighted by molar-refractivity contribution is 5.80. The van der Waals surface area contributed by atoms with Gasteiger partial charge < -0.3 is 4.90 Å². The number of fused-ring (bicyclic) bond motifs is 2. The summed E-state index contributed by atoms with van der Waals surface area (Å²) in [5, 5.41) is 11.2. The van der Waals surface area contributed by atoms with Crippen molar-refractivity contribution < 1.29 is 9.18 Å². The van der Waals surface area contributed by atoms with Crippen molar-refractivity contribution in [3.8, 4) is 5.69 Å². The molecular weight excluding hydrogens is 369 g/mol. The van der Waals surface area contributed by atoms with E-state index < -0.39 is 0 Å². The van der Waals surface area contributed by atoms with Crippen molar-refractivity contribution in [2.24, 2.45) is 0 Å². The Balaban J connectivity index is 1.26. The standard InChI is InChI=1S/C22H22FN5O/c23-18-5-3-16(4-6-18)17-12-20-9-10-21(13-17)28(20)22(29)11-15-1-7-19(8-2-15)27-14-24-25-26-27/h1-8,14,17,20-21H,9-13H2/t20-,21-/m0/s1. The lowest BCUT2D eigenvalue weighted by atomic mass is 9.85. The summed E-state index contributed by atoms with van der Waals surface area (Å²) in [7, 11) is 0. The third kappa shape index (κ3) is 3.52. The molecule has 1 amide bonds. The summed E-state index contributed by atoms with van der Waals surface area (Å²) in [6, 6.07) is 15.2. The summed E-state index contributed by atoms with van der Waals surface area (Å²) in [4.78, 5) is 15.2. The van der Waals surface area contributed by atoms with Crippen LogP contribution in [0.1, 0.15) is 42.7 Å². The van der Waals surface area contributed by atoms with Crippen molar-refractivity contribution in [2.75, 3.05) is 0 Å². The molecule has 2 bridgehead atoms. The normalized spacial score (nSPS) is 23.3. The first-order chi connectivity index (χ1) is 14.2. The summed E-state index contributed by atoms with van der Waals surface area (Å²) in [5.41, 5.74) is 3.05. The number of tetrazole rings is 1. The van der Waals surface area contributed by atoms with Crippen molar-refractivity contribution in [2.45, 2.75) is 50.1 Å². The van der Waals surface area contributed by atoms with Crippen molar-refractivity contribution in [1.82, 2.24) is 25.1 Å². The van der Waals surface area contributed by atoms with Crippen LogP contribution in [0.5, 0.6) is 0 Å². The first-order valence-electron chi connectivity index (χ1n) is 10.1. The maximum Gasteiger partial charge on any atom is 0.227 e. The highest BCUT2D eigenvalue weighted by Gasteiger charge is 2.43. The fraction of sp³-hybridized carbons (Fsp3) is 0.364. The van der Waals surface area contributed by atoms with Crippen LogP contribution in [0.3, 0.4) is 0 Å². The molecule has 0 saturated carbocycles.